The summed E-state index contributed by atoms with van der Waals surface area (Å²) < 4.78 is 13.6. The molecule has 1 amide bonds. The number of nitrogens with two attached hydrogens (primary N) is 1. The Balaban J connectivity index is 2.14. The summed E-state index contributed by atoms with van der Waals surface area (Å²) in [6.45, 7) is 3.60. The van der Waals surface area contributed by atoms with Crippen molar-refractivity contribution in [2.75, 3.05) is 18.8 Å². The molecule has 1 heterocycles. The van der Waals surface area contributed by atoms with Crippen LogP contribution in [0.3, 0.4) is 0 Å². The van der Waals surface area contributed by atoms with Crippen molar-refractivity contribution in [3.8, 4) is 0 Å². The van der Waals surface area contributed by atoms with E-state index >= 15 is 0 Å². The number of rotatable bonds is 1. The molecule has 0 saturated carbocycles. The van der Waals surface area contributed by atoms with E-state index in [-0.39, 0.29) is 11.5 Å². The molecule has 3 nitrogen and oxygen atoms in total. The van der Waals surface area contributed by atoms with Gasteiger partial charge in [-0.05, 0) is 37.0 Å². The molecule has 4 heteroatoms. The Kier molecular flexibility index (Phi) is 3.31. The maximum atomic E-state index is 13.6. The first kappa shape index (κ1) is 11.9. The second kappa shape index (κ2) is 4.73. The third kappa shape index (κ3) is 2.57. The number of halogens is 1. The summed E-state index contributed by atoms with van der Waals surface area (Å²) in [5, 5.41) is 0. The third-order valence-electron chi connectivity index (χ3n) is 3.29. The van der Waals surface area contributed by atoms with Crippen LogP contribution >= 0.6 is 0 Å². The van der Waals surface area contributed by atoms with Crippen LogP contribution in [0.1, 0.15) is 30.1 Å². The standard InChI is InChI=1S/C13H17FN2O/c1-9-4-6-16(7-5-9)13(17)11-3-2-10(15)8-12(11)14/h2-3,8-9H,4-7,15H2,1H3. The van der Waals surface area contributed by atoms with Gasteiger partial charge in [0, 0.05) is 18.8 Å². The number of nitrogens with zero attached hydrogens (tertiary/aromatic N) is 1. The van der Waals surface area contributed by atoms with Gasteiger partial charge in [0.05, 0.1) is 5.56 Å². The highest BCUT2D eigenvalue weighted by Crippen LogP contribution is 2.20. The molecule has 92 valence electrons. The van der Waals surface area contributed by atoms with Crippen molar-refractivity contribution in [1.29, 1.82) is 0 Å². The van der Waals surface area contributed by atoms with Gasteiger partial charge in [-0.2, -0.15) is 0 Å². The fourth-order valence-electron chi connectivity index (χ4n) is 2.09. The van der Waals surface area contributed by atoms with E-state index in [1.165, 1.54) is 12.1 Å². The summed E-state index contributed by atoms with van der Waals surface area (Å²) in [6, 6.07) is 4.22. The summed E-state index contributed by atoms with van der Waals surface area (Å²) >= 11 is 0. The molecule has 0 spiro atoms. The van der Waals surface area contributed by atoms with Crippen molar-refractivity contribution < 1.29 is 9.18 Å². The highest BCUT2D eigenvalue weighted by molar-refractivity contribution is 5.94. The van der Waals surface area contributed by atoms with Crippen molar-refractivity contribution >= 4 is 11.6 Å². The van der Waals surface area contributed by atoms with Crippen LogP contribution in [0.5, 0.6) is 0 Å². The van der Waals surface area contributed by atoms with Gasteiger partial charge < -0.3 is 10.6 Å². The molecule has 0 radical (unpaired) electrons. The molecule has 1 saturated heterocycles. The van der Waals surface area contributed by atoms with E-state index in [1.54, 1.807) is 11.0 Å². The summed E-state index contributed by atoms with van der Waals surface area (Å²) in [5.74, 6) is -0.113. The second-order valence-corrected chi connectivity index (χ2v) is 4.71. The number of amides is 1. The zero-order valence-electron chi connectivity index (χ0n) is 9.95. The minimum atomic E-state index is -0.534. The molecular formula is C13H17FN2O. The number of carbonyl (C=O) groups is 1. The highest BCUT2D eigenvalue weighted by Gasteiger charge is 2.23. The quantitative estimate of drug-likeness (QED) is 0.760. The number of hydrogen-bond donors (Lipinski definition) is 1. The van der Waals surface area contributed by atoms with Crippen LogP contribution in [0, 0.1) is 11.7 Å². The minimum Gasteiger partial charge on any atom is -0.399 e. The van der Waals surface area contributed by atoms with Gasteiger partial charge in [-0.15, -0.1) is 0 Å². The maximum absolute atomic E-state index is 13.6. The number of anilines is 1. The molecule has 1 fully saturated rings. The van der Waals surface area contributed by atoms with Crippen LogP contribution in [0.2, 0.25) is 0 Å². The second-order valence-electron chi connectivity index (χ2n) is 4.71. The van der Waals surface area contributed by atoms with Gasteiger partial charge in [0.1, 0.15) is 5.82 Å². The molecule has 1 aromatic rings. The SMILES string of the molecule is CC1CCN(C(=O)c2ccc(N)cc2F)CC1. The molecule has 1 aliphatic heterocycles. The average Bonchev–Trinajstić information content (AvgIpc) is 2.29. The molecule has 0 atom stereocenters. The number of hydrogen-bond acceptors (Lipinski definition) is 2. The minimum absolute atomic E-state index is 0.119. The van der Waals surface area contributed by atoms with Gasteiger partial charge in [0.2, 0.25) is 0 Å². The van der Waals surface area contributed by atoms with Crippen LogP contribution in [0.4, 0.5) is 10.1 Å². The van der Waals surface area contributed by atoms with Gasteiger partial charge >= 0.3 is 0 Å². The predicted molar refractivity (Wildman–Crippen MR) is 65.1 cm³/mol. The number of piperidine rings is 1. The van der Waals surface area contributed by atoms with E-state index < -0.39 is 5.82 Å². The van der Waals surface area contributed by atoms with Gasteiger partial charge in [-0.25, -0.2) is 4.39 Å². The Morgan fingerprint density at radius 1 is 1.41 bits per heavy atom. The fraction of sp³-hybridized carbons (Fsp3) is 0.462. The Morgan fingerprint density at radius 2 is 2.06 bits per heavy atom. The first-order valence-corrected chi connectivity index (χ1v) is 5.92. The van der Waals surface area contributed by atoms with Crippen LogP contribution < -0.4 is 5.73 Å². The number of benzene rings is 1. The van der Waals surface area contributed by atoms with Crippen LogP contribution in [0.25, 0.3) is 0 Å². The zero-order chi connectivity index (χ0) is 12.4. The fourth-order valence-corrected chi connectivity index (χ4v) is 2.09. The topological polar surface area (TPSA) is 46.3 Å². The summed E-state index contributed by atoms with van der Waals surface area (Å²) in [4.78, 5) is 13.8. The summed E-state index contributed by atoms with van der Waals surface area (Å²) in [7, 11) is 0. The van der Waals surface area contributed by atoms with Crippen LogP contribution in [-0.2, 0) is 0 Å². The summed E-state index contributed by atoms with van der Waals surface area (Å²) in [5.41, 5.74) is 5.92. The Hall–Kier alpha value is -1.58. The lowest BCUT2D eigenvalue weighted by Gasteiger charge is -2.30. The Bertz CT molecular complexity index is 425. The van der Waals surface area contributed by atoms with Crippen molar-refractivity contribution in [2.24, 2.45) is 5.92 Å². The molecule has 2 N–H and O–H groups in total. The number of likely N-dealkylation sites (tertiary alicyclic amines) is 1. The van der Waals surface area contributed by atoms with Gasteiger partial charge in [0.25, 0.3) is 5.91 Å². The van der Waals surface area contributed by atoms with E-state index in [9.17, 15) is 9.18 Å². The first-order chi connectivity index (χ1) is 8.08. The summed E-state index contributed by atoms with van der Waals surface area (Å²) in [6.07, 6.45) is 1.98. The first-order valence-electron chi connectivity index (χ1n) is 5.92. The Morgan fingerprint density at radius 3 is 2.65 bits per heavy atom. The lowest BCUT2D eigenvalue weighted by atomic mass is 9.98. The normalized spacial score (nSPS) is 17.2. The highest BCUT2D eigenvalue weighted by atomic mass is 19.1. The largest absolute Gasteiger partial charge is 0.399 e. The zero-order valence-corrected chi connectivity index (χ0v) is 9.95. The molecule has 0 aromatic heterocycles. The van der Waals surface area contributed by atoms with E-state index in [1.807, 2.05) is 0 Å². The monoisotopic (exact) mass is 236 g/mol. The lowest BCUT2D eigenvalue weighted by molar-refractivity contribution is 0.0692. The van der Waals surface area contributed by atoms with E-state index in [4.69, 9.17) is 5.73 Å². The molecule has 0 aliphatic carbocycles. The molecular weight excluding hydrogens is 219 g/mol. The number of nitrogen functional groups attached to an aromatic ring is 1. The van der Waals surface area contributed by atoms with E-state index in [0.29, 0.717) is 24.7 Å². The predicted octanol–water partition coefficient (Wildman–Crippen LogP) is 2.28. The van der Waals surface area contributed by atoms with Gasteiger partial charge in [-0.1, -0.05) is 6.92 Å². The van der Waals surface area contributed by atoms with E-state index in [2.05, 4.69) is 6.92 Å². The third-order valence-corrected chi connectivity index (χ3v) is 3.29. The molecule has 2 rings (SSSR count). The number of carbonyl (C=O) groups excluding carboxylic acids is 1. The van der Waals surface area contributed by atoms with Crippen LogP contribution in [0.15, 0.2) is 18.2 Å². The smallest absolute Gasteiger partial charge is 0.256 e. The average molecular weight is 236 g/mol. The van der Waals surface area contributed by atoms with Crippen molar-refractivity contribution in [3.05, 3.63) is 29.6 Å². The van der Waals surface area contributed by atoms with Crippen molar-refractivity contribution in [2.45, 2.75) is 19.8 Å². The molecule has 17 heavy (non-hydrogen) atoms. The van der Waals surface area contributed by atoms with Crippen molar-refractivity contribution in [1.82, 2.24) is 4.90 Å². The lowest BCUT2D eigenvalue weighted by Crippen LogP contribution is -2.38. The van der Waals surface area contributed by atoms with Crippen LogP contribution in [-0.4, -0.2) is 23.9 Å². The Labute approximate surface area is 100 Å². The molecule has 1 aliphatic rings. The maximum Gasteiger partial charge on any atom is 0.256 e. The molecule has 0 bridgehead atoms. The van der Waals surface area contributed by atoms with E-state index in [0.717, 1.165) is 12.8 Å². The molecule has 0 unspecified atom stereocenters. The van der Waals surface area contributed by atoms with Gasteiger partial charge in [-0.3, -0.25) is 4.79 Å². The molecule has 1 aromatic carbocycles. The van der Waals surface area contributed by atoms with Gasteiger partial charge in [0.15, 0.2) is 0 Å². The van der Waals surface area contributed by atoms with Crippen molar-refractivity contribution in [3.63, 3.8) is 0 Å².